The number of ether oxygens (including phenoxy) is 2. The van der Waals surface area contributed by atoms with E-state index >= 15 is 0 Å². The quantitative estimate of drug-likeness (QED) is 0.606. The number of benzene rings is 1. The Labute approximate surface area is 130 Å². The zero-order valence-corrected chi connectivity index (χ0v) is 13.2. The van der Waals surface area contributed by atoms with Crippen LogP contribution in [0.5, 0.6) is 11.5 Å². The van der Waals surface area contributed by atoms with E-state index in [9.17, 15) is 4.79 Å². The molecule has 5 nitrogen and oxygen atoms in total. The molecule has 0 aliphatic carbocycles. The SMILES string of the molecule is COc1ccc(C=CC(=O)c2cnn(C(C)C)c2)cc1OC. The smallest absolute Gasteiger partial charge is 0.189 e. The van der Waals surface area contributed by atoms with Gasteiger partial charge in [-0.25, -0.2) is 0 Å². The first-order valence-electron chi connectivity index (χ1n) is 7.03. The van der Waals surface area contributed by atoms with Crippen molar-refractivity contribution in [2.75, 3.05) is 14.2 Å². The Morgan fingerprint density at radius 3 is 2.55 bits per heavy atom. The van der Waals surface area contributed by atoms with Gasteiger partial charge in [-0.2, -0.15) is 5.10 Å². The molecule has 5 heteroatoms. The first kappa shape index (κ1) is 15.8. The molecule has 116 valence electrons. The van der Waals surface area contributed by atoms with Gasteiger partial charge >= 0.3 is 0 Å². The topological polar surface area (TPSA) is 53.3 Å². The average molecular weight is 300 g/mol. The molecular formula is C17H20N2O3. The van der Waals surface area contributed by atoms with Crippen molar-refractivity contribution in [1.29, 1.82) is 0 Å². The fraction of sp³-hybridized carbons (Fsp3) is 0.294. The zero-order valence-electron chi connectivity index (χ0n) is 13.2. The van der Waals surface area contributed by atoms with Crippen LogP contribution in [0.15, 0.2) is 36.7 Å². The van der Waals surface area contributed by atoms with E-state index in [4.69, 9.17) is 9.47 Å². The number of rotatable bonds is 6. The lowest BCUT2D eigenvalue weighted by Crippen LogP contribution is -2.00. The lowest BCUT2D eigenvalue weighted by Gasteiger charge is -2.07. The van der Waals surface area contributed by atoms with Gasteiger partial charge in [-0.1, -0.05) is 12.1 Å². The molecule has 1 heterocycles. The fourth-order valence-electron chi connectivity index (χ4n) is 1.97. The predicted molar refractivity (Wildman–Crippen MR) is 85.5 cm³/mol. The van der Waals surface area contributed by atoms with E-state index in [0.29, 0.717) is 17.1 Å². The zero-order chi connectivity index (χ0) is 16.1. The van der Waals surface area contributed by atoms with Crippen LogP contribution in [0, 0.1) is 0 Å². The summed E-state index contributed by atoms with van der Waals surface area (Å²) in [4.78, 5) is 12.1. The molecule has 0 atom stereocenters. The molecule has 22 heavy (non-hydrogen) atoms. The Morgan fingerprint density at radius 2 is 1.95 bits per heavy atom. The van der Waals surface area contributed by atoms with Crippen LogP contribution in [0.25, 0.3) is 6.08 Å². The first-order chi connectivity index (χ1) is 10.5. The summed E-state index contributed by atoms with van der Waals surface area (Å²) in [6, 6.07) is 5.72. The van der Waals surface area contributed by atoms with E-state index in [1.165, 1.54) is 6.08 Å². The molecule has 0 bridgehead atoms. The number of ketones is 1. The molecule has 0 aliphatic heterocycles. The van der Waals surface area contributed by atoms with Gasteiger partial charge in [0.2, 0.25) is 0 Å². The van der Waals surface area contributed by atoms with Crippen LogP contribution in [0.1, 0.15) is 35.8 Å². The molecule has 0 saturated carbocycles. The third-order valence-corrected chi connectivity index (χ3v) is 3.25. The highest BCUT2D eigenvalue weighted by molar-refractivity contribution is 6.06. The minimum atomic E-state index is -0.0818. The molecule has 1 aromatic heterocycles. The maximum Gasteiger partial charge on any atom is 0.189 e. The normalized spacial score (nSPS) is 11.1. The van der Waals surface area contributed by atoms with Gasteiger partial charge in [0, 0.05) is 12.2 Å². The van der Waals surface area contributed by atoms with Gasteiger partial charge in [-0.3, -0.25) is 9.48 Å². The summed E-state index contributed by atoms with van der Waals surface area (Å²) < 4.78 is 12.2. The van der Waals surface area contributed by atoms with Crippen LogP contribution in [0.2, 0.25) is 0 Å². The number of allylic oxidation sites excluding steroid dienone is 1. The molecule has 0 saturated heterocycles. The summed E-state index contributed by atoms with van der Waals surface area (Å²) in [5.74, 6) is 1.20. The first-order valence-corrected chi connectivity index (χ1v) is 7.03. The molecule has 0 N–H and O–H groups in total. The number of methoxy groups -OCH3 is 2. The standard InChI is InChI=1S/C17H20N2O3/c1-12(2)19-11-14(10-18-19)15(20)7-5-13-6-8-16(21-3)17(9-13)22-4/h5-12H,1-4H3. The van der Waals surface area contributed by atoms with Crippen molar-refractivity contribution in [2.45, 2.75) is 19.9 Å². The maximum absolute atomic E-state index is 12.1. The second kappa shape index (κ2) is 6.93. The highest BCUT2D eigenvalue weighted by Crippen LogP contribution is 2.28. The van der Waals surface area contributed by atoms with Crippen molar-refractivity contribution in [3.8, 4) is 11.5 Å². The van der Waals surface area contributed by atoms with E-state index < -0.39 is 0 Å². The molecule has 0 fully saturated rings. The molecule has 0 unspecified atom stereocenters. The van der Waals surface area contributed by atoms with Crippen molar-refractivity contribution in [2.24, 2.45) is 0 Å². The van der Waals surface area contributed by atoms with Crippen LogP contribution >= 0.6 is 0 Å². The van der Waals surface area contributed by atoms with Crippen molar-refractivity contribution >= 4 is 11.9 Å². The summed E-state index contributed by atoms with van der Waals surface area (Å²) in [5, 5.41) is 4.17. The molecule has 1 aromatic carbocycles. The van der Waals surface area contributed by atoms with Crippen molar-refractivity contribution < 1.29 is 14.3 Å². The molecule has 0 radical (unpaired) electrons. The van der Waals surface area contributed by atoms with Gasteiger partial charge in [0.15, 0.2) is 17.3 Å². The van der Waals surface area contributed by atoms with Gasteiger partial charge in [0.05, 0.1) is 26.0 Å². The van der Waals surface area contributed by atoms with Crippen LogP contribution in [0.4, 0.5) is 0 Å². The Morgan fingerprint density at radius 1 is 1.23 bits per heavy atom. The third-order valence-electron chi connectivity index (χ3n) is 3.25. The second-order valence-corrected chi connectivity index (χ2v) is 5.11. The maximum atomic E-state index is 12.1. The highest BCUT2D eigenvalue weighted by Gasteiger charge is 2.08. The van der Waals surface area contributed by atoms with E-state index in [1.54, 1.807) is 43.4 Å². The number of carbonyl (C=O) groups excluding carboxylic acids is 1. The van der Waals surface area contributed by atoms with Crippen molar-refractivity contribution in [3.05, 3.63) is 47.8 Å². The third kappa shape index (κ3) is 3.55. The van der Waals surface area contributed by atoms with Crippen LogP contribution in [-0.2, 0) is 0 Å². The molecule has 0 spiro atoms. The Kier molecular flexibility index (Phi) is 4.99. The van der Waals surface area contributed by atoms with Gasteiger partial charge < -0.3 is 9.47 Å². The van der Waals surface area contributed by atoms with Crippen LogP contribution < -0.4 is 9.47 Å². The Bertz CT molecular complexity index is 687. The summed E-state index contributed by atoms with van der Waals surface area (Å²) in [7, 11) is 3.17. The Balaban J connectivity index is 2.15. The second-order valence-electron chi connectivity index (χ2n) is 5.11. The van der Waals surface area contributed by atoms with Crippen molar-refractivity contribution in [1.82, 2.24) is 9.78 Å². The summed E-state index contributed by atoms with van der Waals surface area (Å²) in [6.45, 7) is 4.03. The van der Waals surface area contributed by atoms with Gasteiger partial charge in [-0.05, 0) is 37.6 Å². The van der Waals surface area contributed by atoms with Crippen LogP contribution in [-0.4, -0.2) is 29.8 Å². The van der Waals surface area contributed by atoms with Gasteiger partial charge in [-0.15, -0.1) is 0 Å². The molecule has 2 rings (SSSR count). The highest BCUT2D eigenvalue weighted by atomic mass is 16.5. The van der Waals surface area contributed by atoms with Gasteiger partial charge in [0.25, 0.3) is 0 Å². The van der Waals surface area contributed by atoms with Crippen LogP contribution in [0.3, 0.4) is 0 Å². The minimum Gasteiger partial charge on any atom is -0.493 e. The average Bonchev–Trinajstić information content (AvgIpc) is 3.02. The molecular weight excluding hydrogens is 280 g/mol. The van der Waals surface area contributed by atoms with E-state index in [0.717, 1.165) is 5.56 Å². The number of nitrogens with zero attached hydrogens (tertiary/aromatic N) is 2. The summed E-state index contributed by atoms with van der Waals surface area (Å²) in [5.41, 5.74) is 1.44. The monoisotopic (exact) mass is 300 g/mol. The molecule has 0 aliphatic rings. The fourth-order valence-corrected chi connectivity index (χ4v) is 1.97. The van der Waals surface area contributed by atoms with Crippen molar-refractivity contribution in [3.63, 3.8) is 0 Å². The largest absolute Gasteiger partial charge is 0.493 e. The lowest BCUT2D eigenvalue weighted by molar-refractivity contribution is 0.104. The van der Waals surface area contributed by atoms with E-state index in [-0.39, 0.29) is 11.8 Å². The summed E-state index contributed by atoms with van der Waals surface area (Å²) >= 11 is 0. The number of hydrogen-bond acceptors (Lipinski definition) is 4. The molecule has 0 amide bonds. The Hall–Kier alpha value is -2.56. The van der Waals surface area contributed by atoms with E-state index in [2.05, 4.69) is 5.10 Å². The minimum absolute atomic E-state index is 0.0818. The van der Waals surface area contributed by atoms with Gasteiger partial charge in [0.1, 0.15) is 0 Å². The molecule has 2 aromatic rings. The summed E-state index contributed by atoms with van der Waals surface area (Å²) in [6.07, 6.45) is 6.62. The number of carbonyl (C=O) groups is 1. The van der Waals surface area contributed by atoms with E-state index in [1.807, 2.05) is 26.0 Å². The number of hydrogen-bond donors (Lipinski definition) is 0. The predicted octanol–water partition coefficient (Wildman–Crippen LogP) is 3.38. The lowest BCUT2D eigenvalue weighted by atomic mass is 10.1. The number of aromatic nitrogens is 2.